The van der Waals surface area contributed by atoms with Crippen molar-refractivity contribution in [3.63, 3.8) is 0 Å². The molecule has 6 heteroatoms. The molecule has 0 saturated carbocycles. The van der Waals surface area contributed by atoms with Gasteiger partial charge in [-0.3, -0.25) is 9.69 Å². The largest absolute Gasteiger partial charge is 0.448 e. The third kappa shape index (κ3) is 3.67. The van der Waals surface area contributed by atoms with Crippen molar-refractivity contribution in [2.45, 2.75) is 43.7 Å². The molecule has 2 aliphatic heterocycles. The fraction of sp³-hybridized carbons (Fsp3) is 0.423. The monoisotopic (exact) mass is 430 g/mol. The zero-order valence-corrected chi connectivity index (χ0v) is 17.9. The maximum atomic E-state index is 13.2. The molecule has 0 N–H and O–H groups in total. The lowest BCUT2D eigenvalue weighted by molar-refractivity contribution is -0.131. The second-order valence-electron chi connectivity index (χ2n) is 8.85. The minimum Gasteiger partial charge on any atom is -0.448 e. The number of Topliss-reactive ketones (excluding diaryl/α,β-unsaturated/α-hetero) is 1. The SMILES string of the molecule is N#CCCC(=O)C1CC2COCC(C1)N2C(=O)OCC1c2ccccc2-c2ccccc21. The number of carbonyl (C=O) groups is 2. The lowest BCUT2D eigenvalue weighted by Gasteiger charge is -2.47. The number of ketones is 1. The lowest BCUT2D eigenvalue weighted by atomic mass is 9.81. The first kappa shape index (κ1) is 20.7. The van der Waals surface area contributed by atoms with Gasteiger partial charge in [0.1, 0.15) is 12.4 Å². The summed E-state index contributed by atoms with van der Waals surface area (Å²) in [4.78, 5) is 27.4. The van der Waals surface area contributed by atoms with Gasteiger partial charge in [-0.2, -0.15) is 5.26 Å². The van der Waals surface area contributed by atoms with Gasteiger partial charge in [0, 0.05) is 24.7 Å². The van der Waals surface area contributed by atoms with Crippen molar-refractivity contribution in [1.82, 2.24) is 4.90 Å². The Morgan fingerprint density at radius 2 is 1.59 bits per heavy atom. The first-order valence-corrected chi connectivity index (χ1v) is 11.3. The second kappa shape index (κ2) is 8.76. The molecule has 2 aromatic rings. The molecule has 5 rings (SSSR count). The summed E-state index contributed by atoms with van der Waals surface area (Å²) in [6.07, 6.45) is 1.35. The van der Waals surface area contributed by atoms with Crippen molar-refractivity contribution >= 4 is 11.9 Å². The molecule has 2 bridgehead atoms. The average molecular weight is 431 g/mol. The van der Waals surface area contributed by atoms with Crippen LogP contribution >= 0.6 is 0 Å². The topological polar surface area (TPSA) is 79.6 Å². The summed E-state index contributed by atoms with van der Waals surface area (Å²) in [5.74, 6) is 0.0306. The highest BCUT2D eigenvalue weighted by molar-refractivity contribution is 5.82. The van der Waals surface area contributed by atoms with Gasteiger partial charge in [0.25, 0.3) is 0 Å². The van der Waals surface area contributed by atoms with Gasteiger partial charge >= 0.3 is 6.09 Å². The normalized spacial score (nSPS) is 23.7. The van der Waals surface area contributed by atoms with E-state index in [-0.39, 0.29) is 55.2 Å². The highest BCUT2D eigenvalue weighted by Gasteiger charge is 2.44. The molecule has 2 fully saturated rings. The van der Waals surface area contributed by atoms with Crippen LogP contribution in [-0.2, 0) is 14.3 Å². The summed E-state index contributed by atoms with van der Waals surface area (Å²) in [6, 6.07) is 18.3. The minimum absolute atomic E-state index is 0.0209. The highest BCUT2D eigenvalue weighted by atomic mass is 16.6. The van der Waals surface area contributed by atoms with Crippen LogP contribution in [0.15, 0.2) is 48.5 Å². The van der Waals surface area contributed by atoms with Crippen molar-refractivity contribution in [3.8, 4) is 17.2 Å². The third-order valence-electron chi connectivity index (χ3n) is 7.01. The van der Waals surface area contributed by atoms with Gasteiger partial charge in [-0.15, -0.1) is 0 Å². The number of nitrogens with zero attached hydrogens (tertiary/aromatic N) is 2. The Bertz CT molecular complexity index is 1020. The van der Waals surface area contributed by atoms with Gasteiger partial charge in [0.05, 0.1) is 31.4 Å². The zero-order chi connectivity index (χ0) is 22.1. The van der Waals surface area contributed by atoms with Gasteiger partial charge in [-0.1, -0.05) is 48.5 Å². The number of hydrogen-bond donors (Lipinski definition) is 0. The van der Waals surface area contributed by atoms with Crippen LogP contribution in [0.3, 0.4) is 0 Å². The number of carbonyl (C=O) groups excluding carboxylic acids is 2. The van der Waals surface area contributed by atoms with E-state index in [9.17, 15) is 9.59 Å². The first-order chi connectivity index (χ1) is 15.7. The van der Waals surface area contributed by atoms with E-state index in [0.717, 1.165) is 0 Å². The Kier molecular flexibility index (Phi) is 5.67. The molecule has 32 heavy (non-hydrogen) atoms. The summed E-state index contributed by atoms with van der Waals surface area (Å²) in [5, 5.41) is 8.77. The summed E-state index contributed by atoms with van der Waals surface area (Å²) >= 11 is 0. The van der Waals surface area contributed by atoms with E-state index in [1.165, 1.54) is 22.3 Å². The van der Waals surface area contributed by atoms with E-state index in [1.54, 1.807) is 4.90 Å². The Hall–Kier alpha value is -3.17. The minimum atomic E-state index is -0.326. The Labute approximate surface area is 187 Å². The molecule has 0 spiro atoms. The maximum absolute atomic E-state index is 13.2. The molecule has 2 unspecified atom stereocenters. The van der Waals surface area contributed by atoms with Crippen LogP contribution in [0, 0.1) is 17.2 Å². The van der Waals surface area contributed by atoms with Gasteiger partial charge in [-0.25, -0.2) is 4.79 Å². The van der Waals surface area contributed by atoms with E-state index in [0.29, 0.717) is 26.1 Å². The molecule has 2 atom stereocenters. The molecular formula is C26H26N2O4. The summed E-state index contributed by atoms with van der Waals surface area (Å²) in [6.45, 7) is 1.12. The number of rotatable bonds is 5. The lowest BCUT2D eigenvalue weighted by Crippen LogP contribution is -2.60. The first-order valence-electron chi connectivity index (χ1n) is 11.3. The molecule has 3 aliphatic rings. The van der Waals surface area contributed by atoms with Crippen LogP contribution < -0.4 is 0 Å². The van der Waals surface area contributed by atoms with Crippen LogP contribution in [-0.4, -0.2) is 48.7 Å². The zero-order valence-electron chi connectivity index (χ0n) is 17.9. The van der Waals surface area contributed by atoms with Crippen LogP contribution in [0.5, 0.6) is 0 Å². The Balaban J connectivity index is 1.28. The maximum Gasteiger partial charge on any atom is 0.410 e. The molecule has 2 saturated heterocycles. The number of benzene rings is 2. The summed E-state index contributed by atoms with van der Waals surface area (Å²) < 4.78 is 11.6. The number of amides is 1. The van der Waals surface area contributed by atoms with Crippen LogP contribution in [0.25, 0.3) is 11.1 Å². The quantitative estimate of drug-likeness (QED) is 0.707. The van der Waals surface area contributed by atoms with Crippen molar-refractivity contribution in [3.05, 3.63) is 59.7 Å². The molecule has 0 aromatic heterocycles. The number of morpholine rings is 1. The van der Waals surface area contributed by atoms with Gasteiger partial charge in [0.15, 0.2) is 0 Å². The Morgan fingerprint density at radius 3 is 2.19 bits per heavy atom. The average Bonchev–Trinajstić information content (AvgIpc) is 3.14. The van der Waals surface area contributed by atoms with Crippen molar-refractivity contribution < 1.29 is 19.1 Å². The van der Waals surface area contributed by atoms with Gasteiger partial charge in [-0.05, 0) is 35.1 Å². The predicted octanol–water partition coefficient (Wildman–Crippen LogP) is 4.29. The Morgan fingerprint density at radius 1 is 1.00 bits per heavy atom. The van der Waals surface area contributed by atoms with Gasteiger partial charge in [0.2, 0.25) is 0 Å². The molecule has 2 aromatic carbocycles. The summed E-state index contributed by atoms with van der Waals surface area (Å²) in [7, 11) is 0. The van der Waals surface area contributed by atoms with E-state index in [1.807, 2.05) is 30.3 Å². The fourth-order valence-electron chi connectivity index (χ4n) is 5.53. The second-order valence-corrected chi connectivity index (χ2v) is 8.85. The summed E-state index contributed by atoms with van der Waals surface area (Å²) in [5.41, 5.74) is 4.77. The molecule has 1 amide bonds. The van der Waals surface area contributed by atoms with Gasteiger partial charge < -0.3 is 9.47 Å². The van der Waals surface area contributed by atoms with Crippen molar-refractivity contribution in [2.75, 3.05) is 19.8 Å². The van der Waals surface area contributed by atoms with Crippen molar-refractivity contribution in [1.29, 1.82) is 5.26 Å². The van der Waals surface area contributed by atoms with Crippen LogP contribution in [0.2, 0.25) is 0 Å². The number of fused-ring (bicyclic) bond motifs is 5. The smallest absolute Gasteiger partial charge is 0.410 e. The fourth-order valence-corrected chi connectivity index (χ4v) is 5.53. The van der Waals surface area contributed by atoms with Crippen molar-refractivity contribution in [2.24, 2.45) is 5.92 Å². The number of piperidine rings is 1. The predicted molar refractivity (Wildman–Crippen MR) is 118 cm³/mol. The standard InChI is InChI=1S/C26H26N2O4/c27-11-5-10-25(29)17-12-18-14-31-15-19(13-17)28(18)26(30)32-16-24-22-8-3-1-6-20(22)21-7-2-4-9-23(21)24/h1-4,6-9,17-19,24H,5,10,12-16H2. The number of nitriles is 1. The third-order valence-corrected chi connectivity index (χ3v) is 7.01. The highest BCUT2D eigenvalue weighted by Crippen LogP contribution is 2.44. The van der Waals surface area contributed by atoms with E-state index < -0.39 is 0 Å². The molecule has 2 heterocycles. The molecule has 164 valence electrons. The number of hydrogen-bond acceptors (Lipinski definition) is 5. The van der Waals surface area contributed by atoms with E-state index in [4.69, 9.17) is 14.7 Å². The van der Waals surface area contributed by atoms with Crippen LogP contribution in [0.4, 0.5) is 4.79 Å². The molecule has 1 aliphatic carbocycles. The molecule has 0 radical (unpaired) electrons. The van der Waals surface area contributed by atoms with Crippen LogP contribution in [0.1, 0.15) is 42.7 Å². The van der Waals surface area contributed by atoms with E-state index >= 15 is 0 Å². The molecular weight excluding hydrogens is 404 g/mol. The van der Waals surface area contributed by atoms with E-state index in [2.05, 4.69) is 24.3 Å². The molecule has 6 nitrogen and oxygen atoms in total. The number of ether oxygens (including phenoxy) is 2.